The van der Waals surface area contributed by atoms with Gasteiger partial charge in [0.1, 0.15) is 5.75 Å². The van der Waals surface area contributed by atoms with E-state index in [4.69, 9.17) is 4.74 Å². The van der Waals surface area contributed by atoms with E-state index in [-0.39, 0.29) is 5.91 Å². The minimum atomic E-state index is 0.115. The fourth-order valence-corrected chi connectivity index (χ4v) is 3.68. The molecule has 1 amide bonds. The van der Waals surface area contributed by atoms with Crippen LogP contribution in [0.3, 0.4) is 0 Å². The van der Waals surface area contributed by atoms with Crippen LogP contribution in [0.25, 0.3) is 0 Å². The van der Waals surface area contributed by atoms with E-state index in [9.17, 15) is 4.79 Å². The summed E-state index contributed by atoms with van der Waals surface area (Å²) in [7, 11) is 0. The molecule has 0 heterocycles. The molecular formula is C26H45NO2. The van der Waals surface area contributed by atoms with Gasteiger partial charge in [0.05, 0.1) is 6.61 Å². The summed E-state index contributed by atoms with van der Waals surface area (Å²) in [5.74, 6) is 0.955. The Hall–Kier alpha value is -1.51. The Morgan fingerprint density at radius 3 is 1.59 bits per heavy atom. The fraction of sp³-hybridized carbons (Fsp3) is 0.731. The molecule has 0 aliphatic heterocycles. The van der Waals surface area contributed by atoms with Gasteiger partial charge in [-0.2, -0.15) is 0 Å². The average Bonchev–Trinajstić information content (AvgIpc) is 2.72. The zero-order valence-corrected chi connectivity index (χ0v) is 19.1. The molecule has 1 N–H and O–H groups in total. The zero-order chi connectivity index (χ0) is 21.0. The van der Waals surface area contributed by atoms with Gasteiger partial charge in [0.15, 0.2) is 0 Å². The maximum absolute atomic E-state index is 12.0. The zero-order valence-electron chi connectivity index (χ0n) is 19.1. The van der Waals surface area contributed by atoms with E-state index in [2.05, 4.69) is 12.2 Å². The molecule has 1 rings (SSSR count). The van der Waals surface area contributed by atoms with Gasteiger partial charge in [-0.3, -0.25) is 4.79 Å². The van der Waals surface area contributed by atoms with Crippen LogP contribution in [0, 0.1) is 0 Å². The highest BCUT2D eigenvalue weighted by molar-refractivity contribution is 5.90. The maximum atomic E-state index is 12.0. The van der Waals surface area contributed by atoms with Crippen LogP contribution in [0.1, 0.15) is 117 Å². The molecule has 0 aromatic heterocycles. The van der Waals surface area contributed by atoms with Crippen molar-refractivity contribution in [3.63, 3.8) is 0 Å². The van der Waals surface area contributed by atoms with Crippen molar-refractivity contribution in [1.82, 2.24) is 0 Å². The Morgan fingerprint density at radius 2 is 1.14 bits per heavy atom. The summed E-state index contributed by atoms with van der Waals surface area (Å²) >= 11 is 0. The van der Waals surface area contributed by atoms with Gasteiger partial charge in [0.2, 0.25) is 5.91 Å². The minimum Gasteiger partial charge on any atom is -0.494 e. The Balaban J connectivity index is 1.86. The van der Waals surface area contributed by atoms with Gasteiger partial charge >= 0.3 is 0 Å². The summed E-state index contributed by atoms with van der Waals surface area (Å²) < 4.78 is 5.41. The highest BCUT2D eigenvalue weighted by atomic mass is 16.5. The molecule has 29 heavy (non-hydrogen) atoms. The number of carbonyl (C=O) groups is 1. The third kappa shape index (κ3) is 15.1. The van der Waals surface area contributed by atoms with E-state index in [0.717, 1.165) is 24.3 Å². The van der Waals surface area contributed by atoms with E-state index < -0.39 is 0 Å². The number of rotatable bonds is 19. The van der Waals surface area contributed by atoms with Gasteiger partial charge in [-0.15, -0.1) is 0 Å². The fourth-order valence-electron chi connectivity index (χ4n) is 3.68. The Kier molecular flexibility index (Phi) is 16.3. The maximum Gasteiger partial charge on any atom is 0.224 e. The lowest BCUT2D eigenvalue weighted by Gasteiger charge is -2.07. The molecule has 0 spiro atoms. The van der Waals surface area contributed by atoms with Crippen LogP contribution in [-0.4, -0.2) is 12.5 Å². The Bertz CT molecular complexity index is 498. The number of amides is 1. The van der Waals surface area contributed by atoms with Gasteiger partial charge in [-0.05, 0) is 37.6 Å². The minimum absolute atomic E-state index is 0.115. The predicted octanol–water partition coefficient (Wildman–Crippen LogP) is 8.29. The van der Waals surface area contributed by atoms with E-state index in [0.29, 0.717) is 13.0 Å². The van der Waals surface area contributed by atoms with Crippen molar-refractivity contribution in [1.29, 1.82) is 0 Å². The molecule has 1 aromatic rings. The molecule has 0 aliphatic rings. The quantitative estimate of drug-likeness (QED) is 0.236. The van der Waals surface area contributed by atoms with Crippen LogP contribution in [0.2, 0.25) is 0 Å². The second-order valence-corrected chi connectivity index (χ2v) is 8.21. The molecule has 166 valence electrons. The number of nitrogens with one attached hydrogen (secondary N) is 1. The van der Waals surface area contributed by atoms with E-state index in [1.807, 2.05) is 31.2 Å². The van der Waals surface area contributed by atoms with E-state index in [1.54, 1.807) is 0 Å². The summed E-state index contributed by atoms with van der Waals surface area (Å²) in [5.41, 5.74) is 0.847. The summed E-state index contributed by atoms with van der Waals surface area (Å²) in [6.45, 7) is 4.90. The predicted molar refractivity (Wildman–Crippen MR) is 126 cm³/mol. The van der Waals surface area contributed by atoms with Gasteiger partial charge < -0.3 is 10.1 Å². The van der Waals surface area contributed by atoms with Crippen molar-refractivity contribution < 1.29 is 9.53 Å². The third-order valence-electron chi connectivity index (χ3n) is 5.46. The SMILES string of the molecule is CCCCCCCCCCCCCCCCCC(=O)Nc1ccc(OCC)cc1. The highest BCUT2D eigenvalue weighted by Crippen LogP contribution is 2.17. The first kappa shape index (κ1) is 25.5. The number of ether oxygens (including phenoxy) is 1. The third-order valence-corrected chi connectivity index (χ3v) is 5.46. The van der Waals surface area contributed by atoms with Crippen molar-refractivity contribution in [2.75, 3.05) is 11.9 Å². The topological polar surface area (TPSA) is 38.3 Å². The average molecular weight is 404 g/mol. The molecule has 0 radical (unpaired) electrons. The lowest BCUT2D eigenvalue weighted by molar-refractivity contribution is -0.116. The molecule has 0 atom stereocenters. The van der Waals surface area contributed by atoms with Crippen LogP contribution in [0.4, 0.5) is 5.69 Å². The van der Waals surface area contributed by atoms with Crippen molar-refractivity contribution in [3.8, 4) is 5.75 Å². The first-order valence-electron chi connectivity index (χ1n) is 12.3. The molecule has 0 saturated heterocycles. The number of hydrogen-bond donors (Lipinski definition) is 1. The highest BCUT2D eigenvalue weighted by Gasteiger charge is 2.03. The largest absolute Gasteiger partial charge is 0.494 e. The van der Waals surface area contributed by atoms with E-state index in [1.165, 1.54) is 83.5 Å². The van der Waals surface area contributed by atoms with Crippen LogP contribution < -0.4 is 10.1 Å². The summed E-state index contributed by atoms with van der Waals surface area (Å²) in [6, 6.07) is 7.59. The Labute approximate surface area is 180 Å². The van der Waals surface area contributed by atoms with Crippen LogP contribution in [0.5, 0.6) is 5.75 Å². The van der Waals surface area contributed by atoms with Crippen LogP contribution in [-0.2, 0) is 4.79 Å². The first-order chi connectivity index (χ1) is 14.3. The molecule has 3 nitrogen and oxygen atoms in total. The molecule has 0 bridgehead atoms. The number of carbonyl (C=O) groups excluding carboxylic acids is 1. The summed E-state index contributed by atoms with van der Waals surface area (Å²) in [4.78, 5) is 12.0. The van der Waals surface area contributed by atoms with Crippen LogP contribution >= 0.6 is 0 Å². The van der Waals surface area contributed by atoms with Crippen molar-refractivity contribution in [3.05, 3.63) is 24.3 Å². The molecule has 3 heteroatoms. The van der Waals surface area contributed by atoms with Crippen molar-refractivity contribution >= 4 is 11.6 Å². The number of benzene rings is 1. The van der Waals surface area contributed by atoms with Crippen LogP contribution in [0.15, 0.2) is 24.3 Å². The van der Waals surface area contributed by atoms with Gasteiger partial charge in [-0.25, -0.2) is 0 Å². The first-order valence-corrected chi connectivity index (χ1v) is 12.3. The molecule has 1 aromatic carbocycles. The van der Waals surface area contributed by atoms with Crippen molar-refractivity contribution in [2.24, 2.45) is 0 Å². The standard InChI is InChI=1S/C26H45NO2/c1-3-5-6-7-8-9-10-11-12-13-14-15-16-17-18-19-26(28)27-24-20-22-25(23-21-24)29-4-2/h20-23H,3-19H2,1-2H3,(H,27,28). The second-order valence-electron chi connectivity index (χ2n) is 8.21. The molecule has 0 aliphatic carbocycles. The van der Waals surface area contributed by atoms with Crippen molar-refractivity contribution in [2.45, 2.75) is 117 Å². The van der Waals surface area contributed by atoms with Gasteiger partial charge in [0, 0.05) is 12.1 Å². The molecule has 0 fully saturated rings. The summed E-state index contributed by atoms with van der Waals surface area (Å²) in [5, 5.41) is 2.97. The summed E-state index contributed by atoms with van der Waals surface area (Å²) in [6.07, 6.45) is 20.8. The second kappa shape index (κ2) is 18.5. The molecule has 0 saturated carbocycles. The normalized spacial score (nSPS) is 10.8. The number of hydrogen-bond acceptors (Lipinski definition) is 2. The number of unbranched alkanes of at least 4 members (excludes halogenated alkanes) is 14. The van der Waals surface area contributed by atoms with Gasteiger partial charge in [-0.1, -0.05) is 96.8 Å². The molecular weight excluding hydrogens is 358 g/mol. The smallest absolute Gasteiger partial charge is 0.224 e. The van der Waals surface area contributed by atoms with Gasteiger partial charge in [0.25, 0.3) is 0 Å². The molecule has 0 unspecified atom stereocenters. The lowest BCUT2D eigenvalue weighted by Crippen LogP contribution is -2.10. The lowest BCUT2D eigenvalue weighted by atomic mass is 10.0. The Morgan fingerprint density at radius 1 is 0.690 bits per heavy atom. The number of anilines is 1. The monoisotopic (exact) mass is 403 g/mol. The van der Waals surface area contributed by atoms with E-state index >= 15 is 0 Å².